The van der Waals surface area contributed by atoms with Crippen molar-refractivity contribution in [1.29, 1.82) is 0 Å². The Balaban J connectivity index is 1.66. The lowest BCUT2D eigenvalue weighted by Gasteiger charge is -2.31. The molecule has 1 aliphatic heterocycles. The summed E-state index contributed by atoms with van der Waals surface area (Å²) in [6, 6.07) is 13.4. The predicted octanol–water partition coefficient (Wildman–Crippen LogP) is 4.34. The summed E-state index contributed by atoms with van der Waals surface area (Å²) in [4.78, 5) is 17.0. The van der Waals surface area contributed by atoms with Gasteiger partial charge in [-0.25, -0.2) is 17.8 Å². The lowest BCUT2D eigenvalue weighted by Crippen LogP contribution is -2.35. The van der Waals surface area contributed by atoms with Crippen LogP contribution < -0.4 is 9.62 Å². The van der Waals surface area contributed by atoms with E-state index in [1.807, 2.05) is 12.3 Å². The molecule has 0 spiro atoms. The van der Waals surface area contributed by atoms with Crippen molar-refractivity contribution in [2.75, 3.05) is 22.4 Å². The van der Waals surface area contributed by atoms with Crippen LogP contribution >= 0.6 is 11.8 Å². The smallest absolute Gasteiger partial charge is 0.264 e. The minimum absolute atomic E-state index is 0.0242. The second-order valence-corrected chi connectivity index (χ2v) is 9.65. The van der Waals surface area contributed by atoms with Crippen LogP contribution in [0, 0.1) is 5.82 Å². The number of hydrogen-bond acceptors (Lipinski definition) is 5. The Morgan fingerprint density at radius 1 is 1.16 bits per heavy atom. The molecule has 3 aromatic rings. The molecule has 0 radical (unpaired) electrons. The molecule has 31 heavy (non-hydrogen) atoms. The molecule has 0 saturated carbocycles. The second kappa shape index (κ2) is 8.68. The van der Waals surface area contributed by atoms with Crippen molar-refractivity contribution < 1.29 is 17.6 Å². The summed E-state index contributed by atoms with van der Waals surface area (Å²) in [7, 11) is -3.86. The SMILES string of the molecule is CSc1ncccc1C(=O)Nc1ccc2c(c1)N(S(=O)(=O)c1ccc(F)cc1)CCC2. The zero-order valence-corrected chi connectivity index (χ0v) is 18.3. The van der Waals surface area contributed by atoms with Gasteiger partial charge in [-0.3, -0.25) is 9.10 Å². The molecule has 160 valence electrons. The number of carbonyl (C=O) groups excluding carboxylic acids is 1. The summed E-state index contributed by atoms with van der Waals surface area (Å²) in [5.74, 6) is -0.816. The zero-order valence-electron chi connectivity index (χ0n) is 16.7. The first-order valence-corrected chi connectivity index (χ1v) is 12.3. The molecular weight excluding hydrogens is 437 g/mol. The number of nitrogens with one attached hydrogen (secondary N) is 1. The van der Waals surface area contributed by atoms with Gasteiger partial charge in [0.05, 0.1) is 16.1 Å². The van der Waals surface area contributed by atoms with Crippen LogP contribution in [0.15, 0.2) is 70.7 Å². The van der Waals surface area contributed by atoms with Crippen molar-refractivity contribution in [2.24, 2.45) is 0 Å². The third-order valence-electron chi connectivity index (χ3n) is 5.03. The number of halogens is 1. The minimum atomic E-state index is -3.86. The number of sulfonamides is 1. The van der Waals surface area contributed by atoms with Crippen LogP contribution in [-0.2, 0) is 16.4 Å². The fraction of sp³-hybridized carbons (Fsp3) is 0.182. The molecule has 1 aromatic heterocycles. The molecule has 0 fully saturated rings. The maximum absolute atomic E-state index is 13.3. The van der Waals surface area contributed by atoms with Crippen LogP contribution in [0.1, 0.15) is 22.3 Å². The van der Waals surface area contributed by atoms with Gasteiger partial charge in [0.25, 0.3) is 15.9 Å². The van der Waals surface area contributed by atoms with E-state index in [0.29, 0.717) is 34.9 Å². The first kappa shape index (κ1) is 21.3. The fourth-order valence-electron chi connectivity index (χ4n) is 3.53. The predicted molar refractivity (Wildman–Crippen MR) is 120 cm³/mol. The molecular formula is C22H20FN3O3S2. The molecule has 0 saturated heterocycles. The van der Waals surface area contributed by atoms with Crippen molar-refractivity contribution in [2.45, 2.75) is 22.8 Å². The van der Waals surface area contributed by atoms with Gasteiger partial charge in [-0.2, -0.15) is 0 Å². The number of hydrogen-bond donors (Lipinski definition) is 1. The molecule has 0 atom stereocenters. The quantitative estimate of drug-likeness (QED) is 0.577. The first-order chi connectivity index (χ1) is 14.9. The van der Waals surface area contributed by atoms with Gasteiger partial charge in [-0.1, -0.05) is 6.07 Å². The van der Waals surface area contributed by atoms with E-state index >= 15 is 0 Å². The third-order valence-corrected chi connectivity index (χ3v) is 7.57. The Kier molecular flexibility index (Phi) is 5.97. The third kappa shape index (κ3) is 4.28. The average molecular weight is 458 g/mol. The van der Waals surface area contributed by atoms with Gasteiger partial charge >= 0.3 is 0 Å². The number of aryl methyl sites for hydroxylation is 1. The lowest BCUT2D eigenvalue weighted by molar-refractivity contribution is 0.102. The molecule has 1 aliphatic rings. The Hall–Kier alpha value is -2.91. The Morgan fingerprint density at radius 3 is 2.68 bits per heavy atom. The van der Waals surface area contributed by atoms with Crippen molar-refractivity contribution in [1.82, 2.24) is 4.98 Å². The number of carbonyl (C=O) groups is 1. The van der Waals surface area contributed by atoms with E-state index in [4.69, 9.17) is 0 Å². The number of amides is 1. The van der Waals surface area contributed by atoms with Crippen molar-refractivity contribution >= 4 is 39.1 Å². The number of anilines is 2. The van der Waals surface area contributed by atoms with Crippen LogP contribution in [0.4, 0.5) is 15.8 Å². The second-order valence-electron chi connectivity index (χ2n) is 6.99. The molecule has 2 heterocycles. The lowest BCUT2D eigenvalue weighted by atomic mass is 10.0. The Morgan fingerprint density at radius 2 is 1.94 bits per heavy atom. The van der Waals surface area contributed by atoms with E-state index in [1.165, 1.54) is 28.2 Å². The summed E-state index contributed by atoms with van der Waals surface area (Å²) >= 11 is 1.37. The van der Waals surface area contributed by atoms with Crippen LogP contribution in [0.5, 0.6) is 0 Å². The molecule has 2 aromatic carbocycles. The average Bonchev–Trinajstić information content (AvgIpc) is 2.78. The molecule has 1 N–H and O–H groups in total. The summed E-state index contributed by atoms with van der Waals surface area (Å²) < 4.78 is 41.0. The van der Waals surface area contributed by atoms with E-state index in [-0.39, 0.29) is 10.8 Å². The summed E-state index contributed by atoms with van der Waals surface area (Å²) in [5.41, 5.74) is 2.33. The monoisotopic (exact) mass is 457 g/mol. The van der Waals surface area contributed by atoms with Gasteiger partial charge in [0, 0.05) is 18.4 Å². The van der Waals surface area contributed by atoms with Gasteiger partial charge < -0.3 is 5.32 Å². The van der Waals surface area contributed by atoms with Crippen LogP contribution in [0.3, 0.4) is 0 Å². The minimum Gasteiger partial charge on any atom is -0.322 e. The standard InChI is InChI=1S/C22H20FN3O3S2/c1-30-22-19(5-2-12-24-22)21(27)25-17-9-6-15-4-3-13-26(20(15)14-17)31(28,29)18-10-7-16(23)8-11-18/h2,5-12,14H,3-4,13H2,1H3,(H,25,27). The highest BCUT2D eigenvalue weighted by molar-refractivity contribution is 7.98. The topological polar surface area (TPSA) is 79.4 Å². The van der Waals surface area contributed by atoms with Gasteiger partial charge in [-0.15, -0.1) is 11.8 Å². The normalized spacial score (nSPS) is 13.5. The highest BCUT2D eigenvalue weighted by Gasteiger charge is 2.29. The van der Waals surface area contributed by atoms with E-state index in [1.54, 1.807) is 30.5 Å². The zero-order chi connectivity index (χ0) is 22.0. The molecule has 0 unspecified atom stereocenters. The van der Waals surface area contributed by atoms with Crippen LogP contribution in [0.2, 0.25) is 0 Å². The van der Waals surface area contributed by atoms with Gasteiger partial charge in [-0.05, 0) is 73.2 Å². The highest BCUT2D eigenvalue weighted by Crippen LogP contribution is 2.34. The number of thioether (sulfide) groups is 1. The van der Waals surface area contributed by atoms with Gasteiger partial charge in [0.15, 0.2) is 0 Å². The van der Waals surface area contributed by atoms with E-state index in [0.717, 1.165) is 24.1 Å². The highest BCUT2D eigenvalue weighted by atomic mass is 32.2. The Bertz CT molecular complexity index is 1230. The fourth-order valence-corrected chi connectivity index (χ4v) is 5.61. The van der Waals surface area contributed by atoms with Crippen molar-refractivity contribution in [3.63, 3.8) is 0 Å². The molecule has 0 bridgehead atoms. The number of rotatable bonds is 5. The van der Waals surface area contributed by atoms with Gasteiger partial charge in [0.1, 0.15) is 10.8 Å². The van der Waals surface area contributed by atoms with E-state index in [2.05, 4.69) is 10.3 Å². The molecule has 0 aliphatic carbocycles. The molecule has 1 amide bonds. The number of nitrogens with zero attached hydrogens (tertiary/aromatic N) is 2. The number of benzene rings is 2. The number of pyridine rings is 1. The van der Waals surface area contributed by atoms with Crippen LogP contribution in [-0.4, -0.2) is 32.1 Å². The van der Waals surface area contributed by atoms with Crippen molar-refractivity contribution in [3.8, 4) is 0 Å². The maximum Gasteiger partial charge on any atom is 0.264 e. The molecule has 4 rings (SSSR count). The number of fused-ring (bicyclic) bond motifs is 1. The summed E-state index contributed by atoms with van der Waals surface area (Å²) in [6.07, 6.45) is 4.88. The maximum atomic E-state index is 13.3. The van der Waals surface area contributed by atoms with Crippen LogP contribution in [0.25, 0.3) is 0 Å². The van der Waals surface area contributed by atoms with Gasteiger partial charge in [0.2, 0.25) is 0 Å². The molecule has 9 heteroatoms. The Labute approximate surface area is 184 Å². The number of aromatic nitrogens is 1. The van der Waals surface area contributed by atoms with E-state index in [9.17, 15) is 17.6 Å². The first-order valence-electron chi connectivity index (χ1n) is 9.62. The summed E-state index contributed by atoms with van der Waals surface area (Å²) in [5, 5.41) is 3.45. The van der Waals surface area contributed by atoms with Crippen molar-refractivity contribution in [3.05, 3.63) is 77.7 Å². The largest absolute Gasteiger partial charge is 0.322 e. The summed E-state index contributed by atoms with van der Waals surface area (Å²) in [6.45, 7) is 0.309. The van der Waals surface area contributed by atoms with E-state index < -0.39 is 15.8 Å². The molecule has 6 nitrogen and oxygen atoms in total.